The number of carbonyl (C=O) groups excluding carboxylic acids is 1. The van der Waals surface area contributed by atoms with Gasteiger partial charge in [0.2, 0.25) is 6.29 Å². The molecule has 0 aromatic heterocycles. The molecule has 6 saturated heterocycles. The molecule has 6 heterocycles. The zero-order valence-electron chi connectivity index (χ0n) is 53.9. The number of aliphatic hydroxyl groups is 17. The van der Waals surface area contributed by atoms with Gasteiger partial charge in [-0.15, -0.1) is 0 Å². The summed E-state index contributed by atoms with van der Waals surface area (Å²) in [5.74, 6) is -1.92. The number of carbonyl (C=O) groups is 1. The first-order valence-corrected chi connectivity index (χ1v) is 33.1. The second kappa shape index (κ2) is 26.9. The van der Waals surface area contributed by atoms with Crippen molar-refractivity contribution in [2.45, 2.75) is 291 Å². The van der Waals surface area contributed by atoms with E-state index in [9.17, 15) is 86.8 Å². The summed E-state index contributed by atoms with van der Waals surface area (Å²) in [6, 6.07) is 0. The summed E-state index contributed by atoms with van der Waals surface area (Å²) in [5.41, 5.74) is -4.05. The van der Waals surface area contributed by atoms with E-state index in [0.29, 0.717) is 44.9 Å². The number of esters is 1. The topological polar surface area (TPSA) is 472 Å². The van der Waals surface area contributed by atoms with Gasteiger partial charge in [-0.3, -0.25) is 4.79 Å². The summed E-state index contributed by atoms with van der Waals surface area (Å²) in [6.45, 7) is 13.6. The Labute approximate surface area is 539 Å². The molecular formula is C63H102O30. The van der Waals surface area contributed by atoms with Crippen molar-refractivity contribution in [3.63, 3.8) is 0 Å². The third-order valence-electron chi connectivity index (χ3n) is 24.8. The van der Waals surface area contributed by atoms with Gasteiger partial charge in [-0.2, -0.15) is 0 Å². The van der Waals surface area contributed by atoms with Crippen LogP contribution in [0.15, 0.2) is 11.6 Å². The molecule has 30 heteroatoms. The van der Waals surface area contributed by atoms with Crippen LogP contribution < -0.4 is 0 Å². The molecule has 0 amide bonds. The fraction of sp³-hybridized carbons (Fsp3) is 0.952. The first-order valence-electron chi connectivity index (χ1n) is 33.1. The molecule has 17 N–H and O–H groups in total. The highest BCUT2D eigenvalue weighted by atomic mass is 16.8. The van der Waals surface area contributed by atoms with Gasteiger partial charge in [-0.25, -0.2) is 0 Å². The maximum Gasteiger partial charge on any atom is 0.315 e. The Kier molecular flexibility index (Phi) is 20.9. The molecule has 11 aliphatic rings. The molecular weight excluding hydrogens is 1240 g/mol. The number of fused-ring (bicyclic) bond motifs is 7. The van der Waals surface area contributed by atoms with Crippen LogP contribution >= 0.6 is 0 Å². The molecule has 6 aliphatic heterocycles. The number of hydrogen-bond donors (Lipinski definition) is 17. The summed E-state index contributed by atoms with van der Waals surface area (Å²) in [5, 5.41) is 186. The summed E-state index contributed by atoms with van der Waals surface area (Å²) in [4.78, 5) is 15.8. The van der Waals surface area contributed by atoms with Gasteiger partial charge in [0.1, 0.15) is 116 Å². The second-order valence-electron chi connectivity index (χ2n) is 30.2. The lowest BCUT2D eigenvalue weighted by Gasteiger charge is -2.72. The van der Waals surface area contributed by atoms with Gasteiger partial charge in [0.25, 0.3) is 0 Å². The normalized spacial score (nSPS) is 55.7. The van der Waals surface area contributed by atoms with Gasteiger partial charge in [0.15, 0.2) is 37.6 Å². The van der Waals surface area contributed by atoms with Crippen LogP contribution in [0.25, 0.3) is 0 Å². The van der Waals surface area contributed by atoms with E-state index in [1.54, 1.807) is 6.92 Å². The average Bonchev–Trinajstić information content (AvgIpc) is 0.672. The second-order valence-corrected chi connectivity index (χ2v) is 30.2. The van der Waals surface area contributed by atoms with Crippen molar-refractivity contribution in [2.24, 2.45) is 50.7 Å². The van der Waals surface area contributed by atoms with Gasteiger partial charge < -0.3 is 144 Å². The van der Waals surface area contributed by atoms with E-state index in [1.807, 2.05) is 6.92 Å². The fourth-order valence-electron chi connectivity index (χ4n) is 18.7. The maximum absolute atomic E-state index is 15.8. The Balaban J connectivity index is 0.857. The van der Waals surface area contributed by atoms with Crippen LogP contribution in [-0.4, -0.2) is 303 Å². The Hall–Kier alpha value is -1.91. The largest absolute Gasteiger partial charge is 0.432 e. The van der Waals surface area contributed by atoms with Crippen LogP contribution in [0.5, 0.6) is 0 Å². The van der Waals surface area contributed by atoms with Crippen molar-refractivity contribution in [3.8, 4) is 0 Å². The minimum absolute atomic E-state index is 0.00383. The lowest BCUT2D eigenvalue weighted by Crippen LogP contribution is -2.69. The van der Waals surface area contributed by atoms with E-state index >= 15 is 4.79 Å². The highest BCUT2D eigenvalue weighted by Crippen LogP contribution is 2.76. The third-order valence-corrected chi connectivity index (χ3v) is 24.8. The minimum Gasteiger partial charge on any atom is -0.432 e. The Morgan fingerprint density at radius 2 is 1.08 bits per heavy atom. The minimum atomic E-state index is -1.98. The Morgan fingerprint density at radius 3 is 1.74 bits per heavy atom. The molecule has 0 aromatic carbocycles. The molecule has 10 fully saturated rings. The van der Waals surface area contributed by atoms with E-state index in [0.717, 1.165) is 5.57 Å². The van der Waals surface area contributed by atoms with E-state index in [-0.39, 0.29) is 36.0 Å². The SMILES string of the molecule is C[C@@H]1O[C@@H](O[C@H]2[C@H](OC(=O)[C@]34CC[C@@H](C)[C@@](C)(O)[C@H]3C3=CC[C@@H]5[C@@]6(C)CC[C@H](O[C@@H]7OC[C@H](O)[C@H](O[C@@H]8O[C@H](CO)[C@@H](O)[C@H](O)[C@H]8O)[C@H]7O[C@@H]7OC[C@H](O)[C@H](O)[C@H]7O)C(C)(C)[C@@H]6CC[C@@]5(C)[C@]3(C)CC4)O[C@H](CO[C@@H]3OC[C@@H](O)[C@H](O)[C@H]3O)[C@@H](O)[C@@H]2O)[C@H](O)[C@H](O)[C@H]1O. The van der Waals surface area contributed by atoms with Crippen molar-refractivity contribution < 1.29 is 148 Å². The molecule has 534 valence electrons. The van der Waals surface area contributed by atoms with Crippen molar-refractivity contribution >= 4 is 5.97 Å². The van der Waals surface area contributed by atoms with Gasteiger partial charge >= 0.3 is 5.97 Å². The smallest absolute Gasteiger partial charge is 0.315 e. The van der Waals surface area contributed by atoms with Crippen LogP contribution in [0, 0.1) is 50.7 Å². The lowest BCUT2D eigenvalue weighted by atomic mass is 9.33. The van der Waals surface area contributed by atoms with Crippen LogP contribution in [0.4, 0.5) is 0 Å². The summed E-state index contributed by atoms with van der Waals surface area (Å²) in [7, 11) is 0. The average molecular weight is 1340 g/mol. The van der Waals surface area contributed by atoms with Crippen molar-refractivity contribution in [1.82, 2.24) is 0 Å². The number of aliphatic hydroxyl groups excluding tert-OH is 16. The molecule has 0 radical (unpaired) electrons. The van der Waals surface area contributed by atoms with Gasteiger partial charge in [0, 0.05) is 5.92 Å². The van der Waals surface area contributed by atoms with E-state index in [4.69, 9.17) is 56.8 Å². The van der Waals surface area contributed by atoms with Gasteiger partial charge in [0.05, 0.1) is 56.3 Å². The summed E-state index contributed by atoms with van der Waals surface area (Å²) >= 11 is 0. The molecule has 0 spiro atoms. The zero-order chi connectivity index (χ0) is 67.7. The standard InChI is InChI=1S/C63H102O30/c1-24-11-16-63(57(80)93-56-48(91-53-45(78)40(73)35(68)25(2)86-53)42(75)39(72)31(88-56)23-85-51-43(76)36(69)27(65)20-82-51)18-17-60(6)26(50(63)62(24,8)81)9-10-33-59(5)14-13-34(58(3,4)32(59)12-15-61(33,60)7)89-55-49(92-52-44(77)37(70)28(66)21-83-52)47(29(67)22-84-55)90-54-46(79)41(74)38(71)30(19-64)87-54/h9,24-25,27-56,64-79,81H,10-23H2,1-8H3/t24-,25+,27-,28+,29+,30-,31-,32+,33-,34+,35+,36+,37+,38-,39-,40-,41+,42+,43-,44-,45-,46-,47+,48-,49-,50-,51+,52+,53+,54+,55+,56+,59+,60-,61-,62-,63+/m1/s1. The molecule has 4 saturated carbocycles. The molecule has 93 heavy (non-hydrogen) atoms. The van der Waals surface area contributed by atoms with Crippen molar-refractivity contribution in [3.05, 3.63) is 11.6 Å². The number of hydrogen-bond acceptors (Lipinski definition) is 30. The highest BCUT2D eigenvalue weighted by Gasteiger charge is 2.72. The molecule has 37 atom stereocenters. The summed E-state index contributed by atoms with van der Waals surface area (Å²) in [6.07, 6.45) is -38.4. The monoisotopic (exact) mass is 1340 g/mol. The first-order chi connectivity index (χ1) is 43.6. The van der Waals surface area contributed by atoms with Gasteiger partial charge in [-0.05, 0) is 111 Å². The molecule has 0 bridgehead atoms. The molecule has 11 rings (SSSR count). The van der Waals surface area contributed by atoms with Crippen molar-refractivity contribution in [1.29, 1.82) is 0 Å². The quantitative estimate of drug-likeness (QED) is 0.0443. The van der Waals surface area contributed by atoms with Gasteiger partial charge in [-0.1, -0.05) is 53.2 Å². The Morgan fingerprint density at radius 1 is 0.516 bits per heavy atom. The zero-order valence-corrected chi connectivity index (χ0v) is 53.9. The predicted octanol–water partition coefficient (Wildman–Crippen LogP) is -4.47. The lowest BCUT2D eigenvalue weighted by molar-refractivity contribution is -0.384. The van der Waals surface area contributed by atoms with E-state index in [2.05, 4.69) is 40.7 Å². The van der Waals surface area contributed by atoms with E-state index in [1.165, 1.54) is 6.92 Å². The summed E-state index contributed by atoms with van der Waals surface area (Å²) < 4.78 is 72.7. The highest BCUT2D eigenvalue weighted by molar-refractivity contribution is 5.79. The first kappa shape index (κ1) is 72.3. The van der Waals surface area contributed by atoms with Crippen LogP contribution in [0.2, 0.25) is 0 Å². The van der Waals surface area contributed by atoms with Crippen LogP contribution in [-0.2, 0) is 61.6 Å². The van der Waals surface area contributed by atoms with Crippen LogP contribution in [0.3, 0.4) is 0 Å². The molecule has 0 aromatic rings. The molecule has 0 unspecified atom stereocenters. The number of allylic oxidation sites excluding steroid dienone is 1. The number of rotatable bonds is 14. The third kappa shape index (κ3) is 12.2. The molecule has 5 aliphatic carbocycles. The Bertz CT molecular complexity index is 2620. The fourth-order valence-corrected chi connectivity index (χ4v) is 18.7. The van der Waals surface area contributed by atoms with E-state index < -0.39 is 244 Å². The van der Waals surface area contributed by atoms with Crippen molar-refractivity contribution in [2.75, 3.05) is 33.0 Å². The number of ether oxygens (including phenoxy) is 12. The maximum atomic E-state index is 15.8. The van der Waals surface area contributed by atoms with Crippen LogP contribution in [0.1, 0.15) is 113 Å². The predicted molar refractivity (Wildman–Crippen MR) is 310 cm³/mol. The molecule has 30 nitrogen and oxygen atoms in total.